The number of rotatable bonds is 1. The summed E-state index contributed by atoms with van der Waals surface area (Å²) in [6.07, 6.45) is 6.12. The molecular formula is C8H13NO. The SMILES string of the molecule is O=CC1CCC2(CC2)CN1. The fourth-order valence-electron chi connectivity index (χ4n) is 1.72. The fraction of sp³-hybridized carbons (Fsp3) is 0.875. The van der Waals surface area contributed by atoms with Gasteiger partial charge in [-0.2, -0.15) is 0 Å². The van der Waals surface area contributed by atoms with Crippen LogP contribution >= 0.6 is 0 Å². The van der Waals surface area contributed by atoms with Gasteiger partial charge < -0.3 is 10.1 Å². The molecule has 10 heavy (non-hydrogen) atoms. The summed E-state index contributed by atoms with van der Waals surface area (Å²) >= 11 is 0. The van der Waals surface area contributed by atoms with E-state index in [4.69, 9.17) is 0 Å². The maximum absolute atomic E-state index is 10.3. The molecule has 1 aliphatic heterocycles. The van der Waals surface area contributed by atoms with E-state index in [9.17, 15) is 4.79 Å². The predicted molar refractivity (Wildman–Crippen MR) is 38.8 cm³/mol. The van der Waals surface area contributed by atoms with Crippen LogP contribution in [-0.2, 0) is 4.79 Å². The lowest BCUT2D eigenvalue weighted by Gasteiger charge is -2.26. The van der Waals surface area contributed by atoms with Gasteiger partial charge in [0.1, 0.15) is 6.29 Å². The fourth-order valence-corrected chi connectivity index (χ4v) is 1.72. The summed E-state index contributed by atoms with van der Waals surface area (Å²) < 4.78 is 0. The summed E-state index contributed by atoms with van der Waals surface area (Å²) in [5.74, 6) is 0. The molecular weight excluding hydrogens is 126 g/mol. The molecule has 1 heterocycles. The Kier molecular flexibility index (Phi) is 1.31. The minimum absolute atomic E-state index is 0.159. The van der Waals surface area contributed by atoms with Crippen LogP contribution < -0.4 is 5.32 Å². The number of hydrogen-bond acceptors (Lipinski definition) is 2. The third-order valence-corrected chi connectivity index (χ3v) is 2.85. The lowest BCUT2D eigenvalue weighted by Crippen LogP contribution is -2.40. The molecule has 0 bridgehead atoms. The lowest BCUT2D eigenvalue weighted by atomic mass is 9.93. The number of carbonyl (C=O) groups excluding carboxylic acids is 1. The topological polar surface area (TPSA) is 29.1 Å². The summed E-state index contributed by atoms with van der Waals surface area (Å²) in [7, 11) is 0. The van der Waals surface area contributed by atoms with E-state index in [2.05, 4.69) is 5.32 Å². The summed E-state index contributed by atoms with van der Waals surface area (Å²) in [4.78, 5) is 10.3. The van der Waals surface area contributed by atoms with Crippen LogP contribution in [0.15, 0.2) is 0 Å². The first-order chi connectivity index (χ1) is 4.85. The van der Waals surface area contributed by atoms with E-state index in [0.29, 0.717) is 5.41 Å². The van der Waals surface area contributed by atoms with Gasteiger partial charge in [0.2, 0.25) is 0 Å². The third kappa shape index (κ3) is 0.966. The zero-order valence-electron chi connectivity index (χ0n) is 6.10. The molecule has 2 rings (SSSR count). The highest BCUT2D eigenvalue weighted by Gasteiger charge is 2.44. The molecule has 2 aliphatic rings. The first kappa shape index (κ1) is 6.35. The predicted octanol–water partition coefficient (Wildman–Crippen LogP) is 0.718. The van der Waals surface area contributed by atoms with Crippen molar-refractivity contribution < 1.29 is 4.79 Å². The van der Waals surface area contributed by atoms with Gasteiger partial charge in [0.15, 0.2) is 0 Å². The molecule has 1 N–H and O–H groups in total. The molecule has 1 spiro atoms. The zero-order chi connectivity index (χ0) is 7.03. The maximum Gasteiger partial charge on any atom is 0.136 e. The summed E-state index contributed by atoms with van der Waals surface area (Å²) in [5.41, 5.74) is 0.638. The van der Waals surface area contributed by atoms with Gasteiger partial charge in [0, 0.05) is 6.54 Å². The van der Waals surface area contributed by atoms with Gasteiger partial charge in [-0.25, -0.2) is 0 Å². The quantitative estimate of drug-likeness (QED) is 0.542. The molecule has 1 aliphatic carbocycles. The van der Waals surface area contributed by atoms with Crippen LogP contribution in [0.4, 0.5) is 0 Å². The highest BCUT2D eigenvalue weighted by atomic mass is 16.1. The molecule has 1 saturated carbocycles. The van der Waals surface area contributed by atoms with Crippen LogP contribution in [0.1, 0.15) is 25.7 Å². The average Bonchev–Trinajstić information content (AvgIpc) is 2.72. The first-order valence-corrected chi connectivity index (χ1v) is 4.03. The Morgan fingerprint density at radius 1 is 1.40 bits per heavy atom. The Labute approximate surface area is 61.0 Å². The van der Waals surface area contributed by atoms with Gasteiger partial charge in [0.05, 0.1) is 6.04 Å². The lowest BCUT2D eigenvalue weighted by molar-refractivity contribution is -0.110. The molecule has 1 saturated heterocycles. The first-order valence-electron chi connectivity index (χ1n) is 4.03. The van der Waals surface area contributed by atoms with Crippen molar-refractivity contribution in [1.29, 1.82) is 0 Å². The Balaban J connectivity index is 1.89. The molecule has 0 radical (unpaired) electrons. The number of aldehydes is 1. The highest BCUT2D eigenvalue weighted by Crippen LogP contribution is 2.50. The van der Waals surface area contributed by atoms with Crippen LogP contribution in [0.5, 0.6) is 0 Å². The van der Waals surface area contributed by atoms with Gasteiger partial charge in [0.25, 0.3) is 0 Å². The Hall–Kier alpha value is -0.370. The van der Waals surface area contributed by atoms with E-state index < -0.39 is 0 Å². The highest BCUT2D eigenvalue weighted by molar-refractivity contribution is 5.57. The molecule has 1 unspecified atom stereocenters. The van der Waals surface area contributed by atoms with E-state index in [0.717, 1.165) is 19.3 Å². The van der Waals surface area contributed by atoms with Crippen LogP contribution in [-0.4, -0.2) is 18.9 Å². The van der Waals surface area contributed by atoms with Gasteiger partial charge in [-0.05, 0) is 31.1 Å². The van der Waals surface area contributed by atoms with Crippen molar-refractivity contribution in [1.82, 2.24) is 5.32 Å². The molecule has 2 heteroatoms. The van der Waals surface area contributed by atoms with Gasteiger partial charge >= 0.3 is 0 Å². The Morgan fingerprint density at radius 3 is 2.60 bits per heavy atom. The van der Waals surface area contributed by atoms with Crippen molar-refractivity contribution in [3.63, 3.8) is 0 Å². The molecule has 0 amide bonds. The molecule has 0 aromatic heterocycles. The number of hydrogen-bond donors (Lipinski definition) is 1. The van der Waals surface area contributed by atoms with Crippen molar-refractivity contribution in [2.45, 2.75) is 31.7 Å². The summed E-state index contributed by atoms with van der Waals surface area (Å²) in [6.45, 7) is 1.08. The summed E-state index contributed by atoms with van der Waals surface area (Å²) in [5, 5.41) is 3.25. The largest absolute Gasteiger partial charge is 0.307 e. The van der Waals surface area contributed by atoms with Crippen molar-refractivity contribution in [2.24, 2.45) is 5.41 Å². The van der Waals surface area contributed by atoms with Gasteiger partial charge in [-0.15, -0.1) is 0 Å². The van der Waals surface area contributed by atoms with E-state index in [1.807, 2.05) is 0 Å². The second kappa shape index (κ2) is 2.06. The molecule has 0 aromatic rings. The Bertz CT molecular complexity index is 141. The van der Waals surface area contributed by atoms with Crippen molar-refractivity contribution in [3.05, 3.63) is 0 Å². The van der Waals surface area contributed by atoms with Crippen LogP contribution in [0.3, 0.4) is 0 Å². The van der Waals surface area contributed by atoms with E-state index in [-0.39, 0.29) is 6.04 Å². The molecule has 0 aromatic carbocycles. The zero-order valence-corrected chi connectivity index (χ0v) is 6.10. The minimum atomic E-state index is 0.159. The number of piperidine rings is 1. The molecule has 2 nitrogen and oxygen atoms in total. The van der Waals surface area contributed by atoms with Crippen molar-refractivity contribution in [3.8, 4) is 0 Å². The number of nitrogens with one attached hydrogen (secondary N) is 1. The van der Waals surface area contributed by atoms with Crippen LogP contribution in [0, 0.1) is 5.41 Å². The molecule has 56 valence electrons. The summed E-state index contributed by atoms with van der Waals surface area (Å²) in [6, 6.07) is 0.159. The average molecular weight is 139 g/mol. The van der Waals surface area contributed by atoms with Crippen molar-refractivity contribution >= 4 is 6.29 Å². The van der Waals surface area contributed by atoms with E-state index in [1.165, 1.54) is 19.3 Å². The standard InChI is InChI=1S/C8H13NO/c10-5-7-1-2-8(3-4-8)6-9-7/h5,7,9H,1-4,6H2. The third-order valence-electron chi connectivity index (χ3n) is 2.85. The molecule has 1 atom stereocenters. The van der Waals surface area contributed by atoms with Crippen LogP contribution in [0.2, 0.25) is 0 Å². The van der Waals surface area contributed by atoms with E-state index in [1.54, 1.807) is 0 Å². The second-order valence-electron chi connectivity index (χ2n) is 3.66. The molecule has 2 fully saturated rings. The smallest absolute Gasteiger partial charge is 0.136 e. The van der Waals surface area contributed by atoms with Crippen molar-refractivity contribution in [2.75, 3.05) is 6.54 Å². The van der Waals surface area contributed by atoms with E-state index >= 15 is 0 Å². The maximum atomic E-state index is 10.3. The minimum Gasteiger partial charge on any atom is -0.307 e. The van der Waals surface area contributed by atoms with Gasteiger partial charge in [-0.3, -0.25) is 0 Å². The monoisotopic (exact) mass is 139 g/mol. The Morgan fingerprint density at radius 2 is 2.20 bits per heavy atom. The normalized spacial score (nSPS) is 35.8. The van der Waals surface area contributed by atoms with Gasteiger partial charge in [-0.1, -0.05) is 0 Å². The van der Waals surface area contributed by atoms with Crippen LogP contribution in [0.25, 0.3) is 0 Å². The number of carbonyl (C=O) groups is 1. The second-order valence-corrected chi connectivity index (χ2v) is 3.66.